The number of benzene rings is 1. The van der Waals surface area contributed by atoms with E-state index >= 15 is 0 Å². The van der Waals surface area contributed by atoms with Crippen molar-refractivity contribution in [1.29, 1.82) is 0 Å². The summed E-state index contributed by atoms with van der Waals surface area (Å²) in [5.41, 5.74) is 2.03. The molecule has 3 heteroatoms. The van der Waals surface area contributed by atoms with Crippen LogP contribution in [0.5, 0.6) is 5.75 Å². The van der Waals surface area contributed by atoms with Crippen LogP contribution in [0.25, 0.3) is 0 Å². The average Bonchev–Trinajstić information content (AvgIpc) is 2.30. The zero-order valence-electron chi connectivity index (χ0n) is 10.9. The number of hydrogen-bond acceptors (Lipinski definition) is 3. The molecule has 96 valence electrons. The first-order valence-electron chi connectivity index (χ1n) is 6.14. The summed E-state index contributed by atoms with van der Waals surface area (Å²) >= 11 is 1.93. The molecule has 0 saturated carbocycles. The van der Waals surface area contributed by atoms with Crippen LogP contribution in [0.2, 0.25) is 0 Å². The van der Waals surface area contributed by atoms with Crippen LogP contribution < -0.4 is 4.74 Å². The molecule has 0 bridgehead atoms. The Morgan fingerprint density at radius 3 is 2.82 bits per heavy atom. The van der Waals surface area contributed by atoms with Crippen molar-refractivity contribution in [1.82, 2.24) is 0 Å². The summed E-state index contributed by atoms with van der Waals surface area (Å²) in [4.78, 5) is 0. The summed E-state index contributed by atoms with van der Waals surface area (Å²) in [5.74, 6) is 3.10. The predicted octanol–water partition coefficient (Wildman–Crippen LogP) is 3.57. The van der Waals surface area contributed by atoms with Crippen LogP contribution >= 0.6 is 11.8 Å². The molecule has 1 atom stereocenters. The Kier molecular flexibility index (Phi) is 6.45. The van der Waals surface area contributed by atoms with Gasteiger partial charge in [0.1, 0.15) is 5.75 Å². The van der Waals surface area contributed by atoms with Gasteiger partial charge in [0.05, 0.1) is 12.7 Å². The lowest BCUT2D eigenvalue weighted by Gasteiger charge is -2.14. The van der Waals surface area contributed by atoms with E-state index in [9.17, 15) is 5.11 Å². The molecule has 0 saturated heterocycles. The van der Waals surface area contributed by atoms with E-state index in [4.69, 9.17) is 4.74 Å². The molecule has 1 aromatic carbocycles. The second-order valence-electron chi connectivity index (χ2n) is 4.12. The van der Waals surface area contributed by atoms with Crippen LogP contribution in [0.1, 0.15) is 37.5 Å². The van der Waals surface area contributed by atoms with Gasteiger partial charge in [-0.3, -0.25) is 0 Å². The van der Waals surface area contributed by atoms with Gasteiger partial charge in [0.2, 0.25) is 0 Å². The molecule has 1 N–H and O–H groups in total. The lowest BCUT2D eigenvalue weighted by atomic mass is 10.1. The molecule has 0 aliphatic carbocycles. The maximum Gasteiger partial charge on any atom is 0.125 e. The Hall–Kier alpha value is -0.670. The Morgan fingerprint density at radius 2 is 2.18 bits per heavy atom. The van der Waals surface area contributed by atoms with E-state index in [1.807, 2.05) is 36.9 Å². The summed E-state index contributed by atoms with van der Waals surface area (Å²) < 4.78 is 5.73. The number of aliphatic hydroxyl groups is 1. The Bertz CT molecular complexity index is 337. The zero-order valence-corrected chi connectivity index (χ0v) is 11.7. The highest BCUT2D eigenvalue weighted by Gasteiger charge is 2.09. The molecule has 1 aromatic rings. The number of hydrogen-bond donors (Lipinski definition) is 1. The summed E-state index contributed by atoms with van der Waals surface area (Å²) in [5, 5.41) is 9.69. The molecule has 0 radical (unpaired) electrons. The van der Waals surface area contributed by atoms with Crippen LogP contribution in [0, 0.1) is 6.92 Å². The van der Waals surface area contributed by atoms with Gasteiger partial charge in [-0.25, -0.2) is 0 Å². The first kappa shape index (κ1) is 14.4. The number of thioether (sulfide) groups is 1. The molecule has 0 aromatic heterocycles. The van der Waals surface area contributed by atoms with Crippen LogP contribution in [0.4, 0.5) is 0 Å². The van der Waals surface area contributed by atoms with E-state index in [1.54, 1.807) is 6.92 Å². The summed E-state index contributed by atoms with van der Waals surface area (Å²) in [6.07, 6.45) is 0.570. The first-order chi connectivity index (χ1) is 8.15. The van der Waals surface area contributed by atoms with E-state index in [1.165, 1.54) is 0 Å². The minimum atomic E-state index is -0.477. The molecular formula is C14H22O2S. The molecule has 0 unspecified atom stereocenters. The van der Waals surface area contributed by atoms with Crippen molar-refractivity contribution in [2.24, 2.45) is 0 Å². The SMILES string of the molecule is CCSCCCOc1ccc(C)cc1[C@H](C)O. The highest BCUT2D eigenvalue weighted by molar-refractivity contribution is 7.99. The van der Waals surface area contributed by atoms with E-state index in [0.29, 0.717) is 0 Å². The third-order valence-corrected chi connectivity index (χ3v) is 3.50. The summed E-state index contributed by atoms with van der Waals surface area (Å²) in [6.45, 7) is 6.68. The molecule has 17 heavy (non-hydrogen) atoms. The van der Waals surface area contributed by atoms with Gasteiger partial charge in [-0.2, -0.15) is 11.8 Å². The monoisotopic (exact) mass is 254 g/mol. The van der Waals surface area contributed by atoms with Gasteiger partial charge >= 0.3 is 0 Å². The second-order valence-corrected chi connectivity index (χ2v) is 5.51. The fourth-order valence-corrected chi connectivity index (χ4v) is 2.22. The van der Waals surface area contributed by atoms with Gasteiger partial charge in [0.15, 0.2) is 0 Å². The number of aliphatic hydroxyl groups excluding tert-OH is 1. The van der Waals surface area contributed by atoms with Crippen molar-refractivity contribution in [2.75, 3.05) is 18.1 Å². The molecule has 0 spiro atoms. The van der Waals surface area contributed by atoms with Crippen molar-refractivity contribution in [3.63, 3.8) is 0 Å². The minimum Gasteiger partial charge on any atom is -0.493 e. The van der Waals surface area contributed by atoms with E-state index in [0.717, 1.165) is 41.4 Å². The van der Waals surface area contributed by atoms with Gasteiger partial charge in [-0.15, -0.1) is 0 Å². The maximum atomic E-state index is 9.69. The number of rotatable bonds is 7. The van der Waals surface area contributed by atoms with Crippen LogP contribution in [-0.4, -0.2) is 23.2 Å². The first-order valence-corrected chi connectivity index (χ1v) is 7.29. The third-order valence-electron chi connectivity index (χ3n) is 2.51. The molecule has 0 fully saturated rings. The van der Waals surface area contributed by atoms with Gasteiger partial charge in [-0.1, -0.05) is 18.6 Å². The fraction of sp³-hybridized carbons (Fsp3) is 0.571. The lowest BCUT2D eigenvalue weighted by molar-refractivity contribution is 0.191. The summed E-state index contributed by atoms with van der Waals surface area (Å²) in [6, 6.07) is 5.95. The number of aryl methyl sites for hydroxylation is 1. The zero-order chi connectivity index (χ0) is 12.7. The Labute approximate surface area is 108 Å². The summed E-state index contributed by atoms with van der Waals surface area (Å²) in [7, 11) is 0. The topological polar surface area (TPSA) is 29.5 Å². The molecule has 0 aliphatic rings. The average molecular weight is 254 g/mol. The quantitative estimate of drug-likeness (QED) is 0.754. The van der Waals surface area contributed by atoms with E-state index < -0.39 is 6.10 Å². The van der Waals surface area contributed by atoms with Crippen LogP contribution in [0.15, 0.2) is 18.2 Å². The van der Waals surface area contributed by atoms with Crippen molar-refractivity contribution in [3.05, 3.63) is 29.3 Å². The predicted molar refractivity (Wildman–Crippen MR) is 74.9 cm³/mol. The van der Waals surface area contributed by atoms with Crippen molar-refractivity contribution < 1.29 is 9.84 Å². The minimum absolute atomic E-state index is 0.477. The van der Waals surface area contributed by atoms with Crippen LogP contribution in [-0.2, 0) is 0 Å². The molecule has 0 heterocycles. The third kappa shape index (κ3) is 5.00. The van der Waals surface area contributed by atoms with Crippen molar-refractivity contribution >= 4 is 11.8 Å². The fourth-order valence-electron chi connectivity index (χ4n) is 1.61. The van der Waals surface area contributed by atoms with Crippen LogP contribution in [0.3, 0.4) is 0 Å². The van der Waals surface area contributed by atoms with E-state index in [-0.39, 0.29) is 0 Å². The highest BCUT2D eigenvalue weighted by atomic mass is 32.2. The Morgan fingerprint density at radius 1 is 1.41 bits per heavy atom. The molecular weight excluding hydrogens is 232 g/mol. The maximum absolute atomic E-state index is 9.69. The Balaban J connectivity index is 2.52. The van der Waals surface area contributed by atoms with Gasteiger partial charge in [-0.05, 0) is 43.9 Å². The molecule has 1 rings (SSSR count). The highest BCUT2D eigenvalue weighted by Crippen LogP contribution is 2.26. The van der Waals surface area contributed by atoms with Gasteiger partial charge in [0.25, 0.3) is 0 Å². The molecule has 0 aliphatic heterocycles. The van der Waals surface area contributed by atoms with Crippen molar-refractivity contribution in [2.45, 2.75) is 33.3 Å². The molecule has 0 amide bonds. The lowest BCUT2D eigenvalue weighted by Crippen LogP contribution is -2.03. The normalized spacial score (nSPS) is 12.5. The van der Waals surface area contributed by atoms with Crippen molar-refractivity contribution in [3.8, 4) is 5.75 Å². The largest absolute Gasteiger partial charge is 0.493 e. The number of ether oxygens (including phenoxy) is 1. The smallest absolute Gasteiger partial charge is 0.125 e. The van der Waals surface area contributed by atoms with E-state index in [2.05, 4.69) is 6.92 Å². The second kappa shape index (κ2) is 7.62. The standard InChI is InChI=1S/C14H22O2S/c1-4-17-9-5-8-16-14-7-6-11(2)10-13(14)12(3)15/h6-7,10,12,15H,4-5,8-9H2,1-3H3/t12-/m0/s1. The van der Waals surface area contributed by atoms with Gasteiger partial charge in [0, 0.05) is 5.56 Å². The van der Waals surface area contributed by atoms with Gasteiger partial charge < -0.3 is 9.84 Å². The molecule has 2 nitrogen and oxygen atoms in total.